The molecule has 1 aliphatic rings. The Kier molecular flexibility index (Phi) is 4.67. The van der Waals surface area contributed by atoms with Gasteiger partial charge in [0.2, 0.25) is 0 Å². The van der Waals surface area contributed by atoms with Crippen LogP contribution in [0.3, 0.4) is 0 Å². The highest BCUT2D eigenvalue weighted by Gasteiger charge is 2.20. The molecular formula is C16H18IN2OSi. The number of rotatable bonds is 1. The number of nitrogens with zero attached hydrogens (tertiary/aromatic N) is 2. The first-order valence-corrected chi connectivity index (χ1v) is 10.8. The van der Waals surface area contributed by atoms with Crippen LogP contribution in [0, 0.1) is 15.2 Å². The molecule has 1 fully saturated rings. The minimum atomic E-state index is -0.510. The number of fused-ring (bicyclic) bond motifs is 1. The van der Waals surface area contributed by atoms with Gasteiger partial charge in [-0.3, -0.25) is 0 Å². The zero-order valence-electron chi connectivity index (χ0n) is 12.3. The second kappa shape index (κ2) is 6.51. The van der Waals surface area contributed by atoms with Crippen LogP contribution in [0.1, 0.15) is 31.1 Å². The quantitative estimate of drug-likeness (QED) is 0.405. The lowest BCUT2D eigenvalue weighted by Gasteiger charge is -2.23. The Balaban J connectivity index is 2.00. The van der Waals surface area contributed by atoms with Gasteiger partial charge in [-0.1, -0.05) is 19.0 Å². The largest absolute Gasteiger partial charge is 0.356 e. The third-order valence-corrected chi connectivity index (χ3v) is 4.97. The van der Waals surface area contributed by atoms with Gasteiger partial charge in [0.1, 0.15) is 12.5 Å². The maximum atomic E-state index is 5.87. The number of halogens is 1. The summed E-state index contributed by atoms with van der Waals surface area (Å²) in [5.41, 5.74) is 5.54. The van der Waals surface area contributed by atoms with Gasteiger partial charge in [-0.15, -0.1) is 5.54 Å². The van der Waals surface area contributed by atoms with E-state index in [2.05, 4.69) is 70.4 Å². The van der Waals surface area contributed by atoms with E-state index >= 15 is 0 Å². The van der Waals surface area contributed by atoms with E-state index in [1.165, 1.54) is 11.8 Å². The molecule has 1 saturated heterocycles. The minimum absolute atomic E-state index is 0.0859. The van der Waals surface area contributed by atoms with Gasteiger partial charge in [-0.2, -0.15) is 5.10 Å². The Labute approximate surface area is 140 Å². The summed E-state index contributed by atoms with van der Waals surface area (Å²) in [6, 6.07) is 6.38. The molecule has 1 aliphatic heterocycles. The van der Waals surface area contributed by atoms with Gasteiger partial charge >= 0.3 is 0 Å². The van der Waals surface area contributed by atoms with Crippen LogP contribution in [0.2, 0.25) is 13.1 Å². The molecule has 0 saturated carbocycles. The zero-order chi connectivity index (χ0) is 14.8. The van der Waals surface area contributed by atoms with Crippen molar-refractivity contribution in [1.29, 1.82) is 0 Å². The van der Waals surface area contributed by atoms with Crippen molar-refractivity contribution in [2.45, 2.75) is 38.6 Å². The molecule has 1 unspecified atom stereocenters. The number of hydrogen-bond donors (Lipinski definition) is 0. The molecule has 21 heavy (non-hydrogen) atoms. The number of aromatic nitrogens is 2. The third kappa shape index (κ3) is 3.33. The van der Waals surface area contributed by atoms with Crippen molar-refractivity contribution < 1.29 is 4.74 Å². The van der Waals surface area contributed by atoms with Gasteiger partial charge < -0.3 is 4.74 Å². The Morgan fingerprint density at radius 1 is 1.38 bits per heavy atom. The van der Waals surface area contributed by atoms with Crippen molar-refractivity contribution in [1.82, 2.24) is 9.78 Å². The van der Waals surface area contributed by atoms with Crippen molar-refractivity contribution in [3.05, 3.63) is 27.5 Å². The highest BCUT2D eigenvalue weighted by Crippen LogP contribution is 2.29. The third-order valence-electron chi connectivity index (χ3n) is 3.55. The van der Waals surface area contributed by atoms with Crippen LogP contribution in [0.15, 0.2) is 18.2 Å². The lowest BCUT2D eigenvalue weighted by Crippen LogP contribution is -2.19. The second-order valence-corrected chi connectivity index (χ2v) is 8.81. The Bertz CT molecular complexity index is 708. The predicted molar refractivity (Wildman–Crippen MR) is 95.7 cm³/mol. The molecule has 1 radical (unpaired) electrons. The van der Waals surface area contributed by atoms with Crippen LogP contribution in [0.5, 0.6) is 0 Å². The van der Waals surface area contributed by atoms with E-state index in [1.807, 2.05) is 4.68 Å². The summed E-state index contributed by atoms with van der Waals surface area (Å²) in [5, 5.41) is 5.86. The normalized spacial score (nSPS) is 18.8. The lowest BCUT2D eigenvalue weighted by molar-refractivity contribution is -0.0368. The fraction of sp³-hybridized carbons (Fsp3) is 0.438. The molecule has 5 heteroatoms. The highest BCUT2D eigenvalue weighted by molar-refractivity contribution is 14.1. The van der Waals surface area contributed by atoms with Crippen LogP contribution in [-0.2, 0) is 4.74 Å². The minimum Gasteiger partial charge on any atom is -0.356 e. The molecule has 0 aliphatic carbocycles. The smallest absolute Gasteiger partial charge is 0.150 e. The molecule has 3 nitrogen and oxygen atoms in total. The maximum absolute atomic E-state index is 5.87. The zero-order valence-corrected chi connectivity index (χ0v) is 15.5. The van der Waals surface area contributed by atoms with Gasteiger partial charge in [0.15, 0.2) is 6.23 Å². The SMILES string of the molecule is C[Si](C)C#Cc1ccc2c(c1)c(I)nn2C1CCCCO1. The average molecular weight is 409 g/mol. The highest BCUT2D eigenvalue weighted by atomic mass is 127. The number of ether oxygens (including phenoxy) is 1. The first-order valence-electron chi connectivity index (χ1n) is 7.27. The Morgan fingerprint density at radius 2 is 2.24 bits per heavy atom. The molecule has 3 rings (SSSR count). The summed E-state index contributed by atoms with van der Waals surface area (Å²) < 4.78 is 8.94. The van der Waals surface area contributed by atoms with Crippen molar-refractivity contribution in [3.8, 4) is 11.5 Å². The second-order valence-electron chi connectivity index (χ2n) is 5.54. The molecule has 2 aromatic rings. The van der Waals surface area contributed by atoms with E-state index in [0.717, 1.165) is 34.2 Å². The summed E-state index contributed by atoms with van der Waals surface area (Å²) in [6.07, 6.45) is 3.50. The fourth-order valence-electron chi connectivity index (χ4n) is 2.51. The topological polar surface area (TPSA) is 27.1 Å². The molecule has 0 bridgehead atoms. The van der Waals surface area contributed by atoms with Gasteiger partial charge in [0, 0.05) is 17.6 Å². The van der Waals surface area contributed by atoms with Crippen molar-refractivity contribution >= 4 is 42.3 Å². The van der Waals surface area contributed by atoms with E-state index in [-0.39, 0.29) is 6.23 Å². The summed E-state index contributed by atoms with van der Waals surface area (Å²) in [7, 11) is -0.510. The summed E-state index contributed by atoms with van der Waals surface area (Å²) >= 11 is 2.30. The molecule has 1 aromatic heterocycles. The average Bonchev–Trinajstić information content (AvgIpc) is 2.83. The molecule has 0 amide bonds. The molecule has 2 heterocycles. The van der Waals surface area contributed by atoms with Crippen LogP contribution in [0.25, 0.3) is 10.9 Å². The summed E-state index contributed by atoms with van der Waals surface area (Å²) in [4.78, 5) is 0. The van der Waals surface area contributed by atoms with Crippen LogP contribution < -0.4 is 0 Å². The monoisotopic (exact) mass is 409 g/mol. The van der Waals surface area contributed by atoms with E-state index in [0.29, 0.717) is 0 Å². The Hall–Kier alpha value is -0.843. The van der Waals surface area contributed by atoms with Gasteiger partial charge in [0.25, 0.3) is 0 Å². The maximum Gasteiger partial charge on any atom is 0.150 e. The van der Waals surface area contributed by atoms with E-state index in [1.54, 1.807) is 0 Å². The standard InChI is InChI=1S/C16H18IN2OSi/c1-21(2)10-8-12-6-7-14-13(11-12)16(17)18-19(14)15-5-3-4-9-20-15/h6-7,11,15H,3-5,9H2,1-2H3. The van der Waals surface area contributed by atoms with Crippen LogP contribution in [-0.4, -0.2) is 25.2 Å². The van der Waals surface area contributed by atoms with Gasteiger partial charge in [0.05, 0.1) is 5.52 Å². The molecule has 0 N–H and O–H groups in total. The lowest BCUT2D eigenvalue weighted by atomic mass is 10.1. The van der Waals surface area contributed by atoms with E-state index < -0.39 is 8.80 Å². The first-order chi connectivity index (χ1) is 10.1. The predicted octanol–water partition coefficient (Wildman–Crippen LogP) is 3.99. The van der Waals surface area contributed by atoms with E-state index in [9.17, 15) is 0 Å². The van der Waals surface area contributed by atoms with E-state index in [4.69, 9.17) is 4.74 Å². The number of benzene rings is 1. The van der Waals surface area contributed by atoms with Gasteiger partial charge in [-0.05, 0) is 60.1 Å². The fourth-order valence-corrected chi connectivity index (χ4v) is 3.57. The van der Waals surface area contributed by atoms with Crippen molar-refractivity contribution in [3.63, 3.8) is 0 Å². The first kappa shape index (κ1) is 15.1. The van der Waals surface area contributed by atoms with Crippen molar-refractivity contribution in [2.24, 2.45) is 0 Å². The van der Waals surface area contributed by atoms with Gasteiger partial charge in [-0.25, -0.2) is 4.68 Å². The molecular weight excluding hydrogens is 391 g/mol. The molecule has 0 spiro atoms. The Morgan fingerprint density at radius 3 is 2.95 bits per heavy atom. The summed E-state index contributed by atoms with van der Waals surface area (Å²) in [5.74, 6) is 3.28. The van der Waals surface area contributed by atoms with Crippen LogP contribution in [0.4, 0.5) is 0 Å². The van der Waals surface area contributed by atoms with Crippen molar-refractivity contribution in [2.75, 3.05) is 6.61 Å². The van der Waals surface area contributed by atoms with Crippen LogP contribution >= 0.6 is 22.6 Å². The molecule has 1 atom stereocenters. The summed E-state index contributed by atoms with van der Waals surface area (Å²) in [6.45, 7) is 5.25. The molecule has 109 valence electrons. The molecule has 1 aromatic carbocycles. The number of hydrogen-bond acceptors (Lipinski definition) is 2.